The molecule has 0 saturated heterocycles. The minimum absolute atomic E-state index is 0. The molecule has 2 rings (SSSR count). The van der Waals surface area contributed by atoms with Crippen LogP contribution in [0.25, 0.3) is 0 Å². The number of hydrogen-bond acceptors (Lipinski definition) is 3. The fourth-order valence-corrected chi connectivity index (χ4v) is 3.07. The Balaban J connectivity index is 0.00000264. The van der Waals surface area contributed by atoms with Crippen LogP contribution in [0.15, 0.2) is 30.3 Å². The second-order valence-corrected chi connectivity index (χ2v) is 6.44. The summed E-state index contributed by atoms with van der Waals surface area (Å²) < 4.78 is 0. The highest BCUT2D eigenvalue weighted by molar-refractivity contribution is 5.86. The Hall–Kier alpha value is -0.970. The van der Waals surface area contributed by atoms with Crippen LogP contribution < -0.4 is 16.0 Å². The third kappa shape index (κ3) is 6.88. The van der Waals surface area contributed by atoms with Crippen LogP contribution >= 0.6 is 24.8 Å². The first-order valence-corrected chi connectivity index (χ1v) is 8.45. The topological polar surface area (TPSA) is 58.4 Å². The summed E-state index contributed by atoms with van der Waals surface area (Å²) >= 11 is 0. The van der Waals surface area contributed by atoms with Crippen LogP contribution in [0.4, 0.5) is 5.69 Å². The average Bonchev–Trinajstić information content (AvgIpc) is 2.55. The predicted octanol–water partition coefficient (Wildman–Crippen LogP) is 3.52. The maximum atomic E-state index is 12.2. The fourth-order valence-electron chi connectivity index (χ4n) is 3.07. The highest BCUT2D eigenvalue weighted by Gasteiger charge is 2.34. The van der Waals surface area contributed by atoms with Crippen LogP contribution in [-0.2, 0) is 4.79 Å². The smallest absolute Gasteiger partial charge is 0.240 e. The molecular formula is C18H31Cl2N3O. The molecule has 0 atom stereocenters. The number of nitrogens with one attached hydrogen (secondary N) is 1. The standard InChI is InChI=1S/C18H29N3O.2ClH/c1-21(16-10-4-2-5-11-16)15-9-8-14-20-17(22)18(19)12-6-3-7-13-18;;/h2,4-5,10-11H,3,6-9,12-15,19H2,1H3,(H,20,22);2*1H. The van der Waals surface area contributed by atoms with E-state index in [0.717, 1.165) is 51.6 Å². The van der Waals surface area contributed by atoms with Gasteiger partial charge in [0.05, 0.1) is 5.54 Å². The Morgan fingerprint density at radius 1 is 1.12 bits per heavy atom. The van der Waals surface area contributed by atoms with Crippen molar-refractivity contribution in [2.45, 2.75) is 50.5 Å². The first-order valence-electron chi connectivity index (χ1n) is 8.45. The molecule has 3 N–H and O–H groups in total. The van der Waals surface area contributed by atoms with Gasteiger partial charge < -0.3 is 16.0 Å². The first kappa shape index (κ1) is 23.0. The molecule has 1 fully saturated rings. The van der Waals surface area contributed by atoms with E-state index >= 15 is 0 Å². The van der Waals surface area contributed by atoms with Gasteiger partial charge in [0.25, 0.3) is 0 Å². The van der Waals surface area contributed by atoms with Gasteiger partial charge in [0.1, 0.15) is 0 Å². The summed E-state index contributed by atoms with van der Waals surface area (Å²) in [6.07, 6.45) is 7.06. The number of carbonyl (C=O) groups is 1. The Morgan fingerprint density at radius 3 is 2.38 bits per heavy atom. The Kier molecular flexibility index (Phi) is 11.1. The molecule has 0 aromatic heterocycles. The molecule has 0 spiro atoms. The number of nitrogens with zero attached hydrogens (tertiary/aromatic N) is 1. The number of benzene rings is 1. The lowest BCUT2D eigenvalue weighted by atomic mass is 9.82. The number of nitrogens with two attached hydrogens (primary N) is 1. The Labute approximate surface area is 158 Å². The van der Waals surface area contributed by atoms with Gasteiger partial charge in [-0.3, -0.25) is 4.79 Å². The lowest BCUT2D eigenvalue weighted by molar-refractivity contribution is -0.127. The fraction of sp³-hybridized carbons (Fsp3) is 0.611. The summed E-state index contributed by atoms with van der Waals surface area (Å²) in [5.74, 6) is 0.0450. The number of anilines is 1. The van der Waals surface area contributed by atoms with Crippen molar-refractivity contribution in [3.8, 4) is 0 Å². The van der Waals surface area contributed by atoms with Crippen LogP contribution in [0, 0.1) is 0 Å². The number of unbranched alkanes of at least 4 members (excludes halogenated alkanes) is 1. The summed E-state index contributed by atoms with van der Waals surface area (Å²) in [5.41, 5.74) is 6.84. The quantitative estimate of drug-likeness (QED) is 0.716. The molecule has 24 heavy (non-hydrogen) atoms. The number of halogens is 2. The van der Waals surface area contributed by atoms with Crippen molar-refractivity contribution in [1.82, 2.24) is 5.32 Å². The van der Waals surface area contributed by atoms with Crippen molar-refractivity contribution >= 4 is 36.4 Å². The highest BCUT2D eigenvalue weighted by Crippen LogP contribution is 2.25. The number of amides is 1. The van der Waals surface area contributed by atoms with Crippen LogP contribution in [0.2, 0.25) is 0 Å². The average molecular weight is 376 g/mol. The lowest BCUT2D eigenvalue weighted by Crippen LogP contribution is -2.55. The number of para-hydroxylation sites is 1. The summed E-state index contributed by atoms with van der Waals surface area (Å²) in [7, 11) is 2.10. The zero-order chi connectivity index (χ0) is 15.8. The van der Waals surface area contributed by atoms with Crippen molar-refractivity contribution in [3.05, 3.63) is 30.3 Å². The lowest BCUT2D eigenvalue weighted by Gasteiger charge is -2.31. The molecule has 6 heteroatoms. The summed E-state index contributed by atoms with van der Waals surface area (Å²) in [6, 6.07) is 10.4. The third-order valence-corrected chi connectivity index (χ3v) is 4.60. The van der Waals surface area contributed by atoms with E-state index in [1.807, 2.05) is 6.07 Å². The van der Waals surface area contributed by atoms with E-state index in [1.54, 1.807) is 0 Å². The summed E-state index contributed by atoms with van der Waals surface area (Å²) in [6.45, 7) is 1.72. The second-order valence-electron chi connectivity index (χ2n) is 6.44. The molecule has 0 unspecified atom stereocenters. The van der Waals surface area contributed by atoms with E-state index in [-0.39, 0.29) is 30.7 Å². The van der Waals surface area contributed by atoms with Crippen LogP contribution in [0.1, 0.15) is 44.9 Å². The van der Waals surface area contributed by atoms with Crippen molar-refractivity contribution in [2.24, 2.45) is 5.73 Å². The van der Waals surface area contributed by atoms with E-state index in [2.05, 4.69) is 41.5 Å². The van der Waals surface area contributed by atoms with Gasteiger partial charge in [-0.25, -0.2) is 0 Å². The molecule has 1 saturated carbocycles. The normalized spacial score (nSPS) is 15.6. The van der Waals surface area contributed by atoms with E-state index in [1.165, 1.54) is 12.1 Å². The van der Waals surface area contributed by atoms with Crippen molar-refractivity contribution in [1.29, 1.82) is 0 Å². The zero-order valence-electron chi connectivity index (χ0n) is 14.5. The molecule has 0 aliphatic heterocycles. The zero-order valence-corrected chi connectivity index (χ0v) is 16.1. The van der Waals surface area contributed by atoms with Gasteiger partial charge in [0.2, 0.25) is 5.91 Å². The Bertz CT molecular complexity index is 465. The Morgan fingerprint density at radius 2 is 1.75 bits per heavy atom. The molecule has 138 valence electrons. The predicted molar refractivity (Wildman–Crippen MR) is 106 cm³/mol. The molecule has 1 aliphatic rings. The van der Waals surface area contributed by atoms with Crippen molar-refractivity contribution < 1.29 is 4.79 Å². The molecule has 1 aliphatic carbocycles. The maximum Gasteiger partial charge on any atom is 0.240 e. The SMILES string of the molecule is CN(CCCCNC(=O)C1(N)CCCCC1)c1ccccc1.Cl.Cl. The van der Waals surface area contributed by atoms with Gasteiger partial charge in [-0.2, -0.15) is 0 Å². The first-order chi connectivity index (χ1) is 10.6. The van der Waals surface area contributed by atoms with E-state index in [9.17, 15) is 4.79 Å². The molecule has 0 radical (unpaired) electrons. The monoisotopic (exact) mass is 375 g/mol. The van der Waals surface area contributed by atoms with E-state index in [0.29, 0.717) is 0 Å². The molecular weight excluding hydrogens is 345 g/mol. The summed E-state index contributed by atoms with van der Waals surface area (Å²) in [4.78, 5) is 14.4. The molecule has 0 heterocycles. The van der Waals surface area contributed by atoms with Gasteiger partial charge in [-0.1, -0.05) is 37.5 Å². The number of rotatable bonds is 7. The molecule has 1 amide bonds. The van der Waals surface area contributed by atoms with Crippen LogP contribution in [0.3, 0.4) is 0 Å². The van der Waals surface area contributed by atoms with Crippen LogP contribution in [-0.4, -0.2) is 31.6 Å². The molecule has 4 nitrogen and oxygen atoms in total. The highest BCUT2D eigenvalue weighted by atomic mass is 35.5. The van der Waals surface area contributed by atoms with Crippen LogP contribution in [0.5, 0.6) is 0 Å². The summed E-state index contributed by atoms with van der Waals surface area (Å²) in [5, 5.41) is 3.02. The number of hydrogen-bond donors (Lipinski definition) is 2. The van der Waals surface area contributed by atoms with E-state index < -0.39 is 5.54 Å². The minimum atomic E-state index is -0.612. The van der Waals surface area contributed by atoms with Crippen molar-refractivity contribution in [2.75, 3.05) is 25.0 Å². The maximum absolute atomic E-state index is 12.2. The van der Waals surface area contributed by atoms with E-state index in [4.69, 9.17) is 5.73 Å². The second kappa shape index (κ2) is 11.6. The van der Waals surface area contributed by atoms with Crippen molar-refractivity contribution in [3.63, 3.8) is 0 Å². The van der Waals surface area contributed by atoms with Gasteiger partial charge in [0.15, 0.2) is 0 Å². The van der Waals surface area contributed by atoms with Gasteiger partial charge in [-0.15, -0.1) is 24.8 Å². The van der Waals surface area contributed by atoms with Gasteiger partial charge >= 0.3 is 0 Å². The number of carbonyl (C=O) groups excluding carboxylic acids is 1. The van der Waals surface area contributed by atoms with Gasteiger partial charge in [0, 0.05) is 25.8 Å². The largest absolute Gasteiger partial charge is 0.375 e. The minimum Gasteiger partial charge on any atom is -0.375 e. The van der Waals surface area contributed by atoms with Gasteiger partial charge in [-0.05, 0) is 37.8 Å². The molecule has 0 bridgehead atoms. The molecule has 1 aromatic rings. The third-order valence-electron chi connectivity index (χ3n) is 4.60. The molecule has 1 aromatic carbocycles.